The van der Waals surface area contributed by atoms with Crippen LogP contribution in [0.4, 0.5) is 0 Å². The van der Waals surface area contributed by atoms with E-state index < -0.39 is 0 Å². The van der Waals surface area contributed by atoms with Crippen LogP contribution >= 0.6 is 0 Å². The molecule has 0 heterocycles. The van der Waals surface area contributed by atoms with Crippen LogP contribution in [-0.2, 0) is 4.74 Å². The molecule has 0 aliphatic heterocycles. The van der Waals surface area contributed by atoms with E-state index in [0.717, 1.165) is 38.2 Å². The van der Waals surface area contributed by atoms with Gasteiger partial charge in [-0.25, -0.2) is 0 Å². The van der Waals surface area contributed by atoms with E-state index in [1.807, 2.05) is 12.1 Å². The number of hydrogen-bond donors (Lipinski definition) is 2. The predicted octanol–water partition coefficient (Wildman–Crippen LogP) is 2.86. The lowest BCUT2D eigenvalue weighted by atomic mass is 10.1. The Morgan fingerprint density at radius 1 is 1.35 bits per heavy atom. The van der Waals surface area contributed by atoms with Crippen molar-refractivity contribution in [3.05, 3.63) is 29.8 Å². The van der Waals surface area contributed by atoms with E-state index in [2.05, 4.69) is 19.2 Å². The van der Waals surface area contributed by atoms with Gasteiger partial charge >= 0.3 is 0 Å². The van der Waals surface area contributed by atoms with Gasteiger partial charge in [-0.3, -0.25) is 0 Å². The first kappa shape index (κ1) is 14.0. The number of phenols is 1. The summed E-state index contributed by atoms with van der Waals surface area (Å²) in [5.41, 5.74) is 1.11. The quantitative estimate of drug-likeness (QED) is 0.683. The smallest absolute Gasteiger partial charge is 0.115 e. The van der Waals surface area contributed by atoms with Crippen LogP contribution in [0.2, 0.25) is 0 Å². The SMILES string of the molecule is CCCOCCCNC(C)c1cccc(O)c1. The summed E-state index contributed by atoms with van der Waals surface area (Å²) >= 11 is 0. The van der Waals surface area contributed by atoms with E-state index in [1.165, 1.54) is 0 Å². The second-order valence-electron chi connectivity index (χ2n) is 4.24. The van der Waals surface area contributed by atoms with Crippen molar-refractivity contribution in [1.82, 2.24) is 5.32 Å². The molecule has 1 atom stereocenters. The summed E-state index contributed by atoms with van der Waals surface area (Å²) < 4.78 is 5.41. The Bertz CT molecular complexity index is 315. The van der Waals surface area contributed by atoms with Crippen LogP contribution in [0.3, 0.4) is 0 Å². The van der Waals surface area contributed by atoms with E-state index in [9.17, 15) is 5.11 Å². The molecule has 0 aromatic heterocycles. The Labute approximate surface area is 104 Å². The van der Waals surface area contributed by atoms with Crippen LogP contribution in [0.15, 0.2) is 24.3 Å². The molecule has 0 aliphatic carbocycles. The molecule has 1 aromatic carbocycles. The molecule has 0 aliphatic rings. The molecule has 0 radical (unpaired) electrons. The minimum atomic E-state index is 0.258. The lowest BCUT2D eigenvalue weighted by Crippen LogP contribution is -2.21. The van der Waals surface area contributed by atoms with Gasteiger partial charge in [0.1, 0.15) is 5.75 Å². The minimum Gasteiger partial charge on any atom is -0.508 e. The first-order valence-electron chi connectivity index (χ1n) is 6.34. The molecule has 0 amide bonds. The van der Waals surface area contributed by atoms with E-state index in [4.69, 9.17) is 4.74 Å². The van der Waals surface area contributed by atoms with Crippen molar-refractivity contribution in [1.29, 1.82) is 0 Å². The van der Waals surface area contributed by atoms with Gasteiger partial charge in [-0.1, -0.05) is 19.1 Å². The highest BCUT2D eigenvalue weighted by Crippen LogP contribution is 2.17. The molecule has 0 saturated heterocycles. The Hall–Kier alpha value is -1.06. The molecule has 1 unspecified atom stereocenters. The average Bonchev–Trinajstić information content (AvgIpc) is 2.33. The first-order chi connectivity index (χ1) is 8.24. The number of rotatable bonds is 8. The van der Waals surface area contributed by atoms with Crippen molar-refractivity contribution in [2.45, 2.75) is 32.7 Å². The van der Waals surface area contributed by atoms with E-state index in [0.29, 0.717) is 5.75 Å². The molecule has 0 fully saturated rings. The zero-order valence-corrected chi connectivity index (χ0v) is 10.8. The largest absolute Gasteiger partial charge is 0.508 e. The van der Waals surface area contributed by atoms with Gasteiger partial charge in [-0.15, -0.1) is 0 Å². The van der Waals surface area contributed by atoms with Crippen molar-refractivity contribution in [2.24, 2.45) is 0 Å². The summed E-state index contributed by atoms with van der Waals surface area (Å²) in [5, 5.41) is 12.8. The van der Waals surface area contributed by atoms with E-state index >= 15 is 0 Å². The predicted molar refractivity (Wildman–Crippen MR) is 70.3 cm³/mol. The Balaban J connectivity index is 2.19. The van der Waals surface area contributed by atoms with Gasteiger partial charge < -0.3 is 15.2 Å². The maximum absolute atomic E-state index is 9.38. The molecule has 1 rings (SSSR count). The molecular weight excluding hydrogens is 214 g/mol. The van der Waals surface area contributed by atoms with Crippen LogP contribution in [0.5, 0.6) is 5.75 Å². The second kappa shape index (κ2) is 8.09. The highest BCUT2D eigenvalue weighted by molar-refractivity contribution is 5.28. The number of aromatic hydroxyl groups is 1. The van der Waals surface area contributed by atoms with Gasteiger partial charge in [0.25, 0.3) is 0 Å². The Morgan fingerprint density at radius 2 is 2.18 bits per heavy atom. The molecular formula is C14H23NO2. The molecule has 17 heavy (non-hydrogen) atoms. The van der Waals surface area contributed by atoms with Crippen LogP contribution in [0.1, 0.15) is 38.3 Å². The summed E-state index contributed by atoms with van der Waals surface area (Å²) in [6, 6.07) is 7.63. The Kier molecular flexibility index (Phi) is 6.67. The second-order valence-corrected chi connectivity index (χ2v) is 4.24. The van der Waals surface area contributed by atoms with Gasteiger partial charge in [0.2, 0.25) is 0 Å². The van der Waals surface area contributed by atoms with Gasteiger partial charge in [0.15, 0.2) is 0 Å². The van der Waals surface area contributed by atoms with Crippen LogP contribution in [0, 0.1) is 0 Å². The van der Waals surface area contributed by atoms with Gasteiger partial charge in [-0.05, 0) is 44.0 Å². The maximum atomic E-state index is 9.38. The standard InChI is InChI=1S/C14H23NO2/c1-3-9-17-10-5-8-15-12(2)13-6-4-7-14(16)11-13/h4,6-7,11-12,15-16H,3,5,8-10H2,1-2H3. The van der Waals surface area contributed by atoms with Crippen molar-refractivity contribution < 1.29 is 9.84 Å². The van der Waals surface area contributed by atoms with Crippen molar-refractivity contribution in [2.75, 3.05) is 19.8 Å². The summed E-state index contributed by atoms with van der Waals surface area (Å²) in [6.45, 7) is 6.81. The molecule has 0 bridgehead atoms. The zero-order chi connectivity index (χ0) is 12.5. The fourth-order valence-corrected chi connectivity index (χ4v) is 1.65. The normalized spacial score (nSPS) is 12.6. The molecule has 1 aromatic rings. The molecule has 3 heteroatoms. The maximum Gasteiger partial charge on any atom is 0.115 e. The first-order valence-corrected chi connectivity index (χ1v) is 6.34. The number of benzene rings is 1. The minimum absolute atomic E-state index is 0.258. The molecule has 0 spiro atoms. The third-order valence-electron chi connectivity index (χ3n) is 2.63. The average molecular weight is 237 g/mol. The number of nitrogens with one attached hydrogen (secondary N) is 1. The fourth-order valence-electron chi connectivity index (χ4n) is 1.65. The topological polar surface area (TPSA) is 41.5 Å². The lowest BCUT2D eigenvalue weighted by molar-refractivity contribution is 0.132. The summed E-state index contributed by atoms with van der Waals surface area (Å²) in [6.07, 6.45) is 2.09. The van der Waals surface area contributed by atoms with Crippen LogP contribution in [0.25, 0.3) is 0 Å². The molecule has 2 N–H and O–H groups in total. The van der Waals surface area contributed by atoms with Gasteiger partial charge in [-0.2, -0.15) is 0 Å². The molecule has 3 nitrogen and oxygen atoms in total. The van der Waals surface area contributed by atoms with Gasteiger partial charge in [0.05, 0.1) is 0 Å². The summed E-state index contributed by atoms with van der Waals surface area (Å²) in [7, 11) is 0. The van der Waals surface area contributed by atoms with E-state index in [-0.39, 0.29) is 6.04 Å². The third-order valence-corrected chi connectivity index (χ3v) is 2.63. The third kappa shape index (κ3) is 5.71. The molecule has 0 saturated carbocycles. The van der Waals surface area contributed by atoms with Crippen molar-refractivity contribution in [3.8, 4) is 5.75 Å². The zero-order valence-electron chi connectivity index (χ0n) is 10.8. The fraction of sp³-hybridized carbons (Fsp3) is 0.571. The van der Waals surface area contributed by atoms with E-state index in [1.54, 1.807) is 12.1 Å². The van der Waals surface area contributed by atoms with Gasteiger partial charge in [0, 0.05) is 19.3 Å². The van der Waals surface area contributed by atoms with Crippen molar-refractivity contribution in [3.63, 3.8) is 0 Å². The number of hydrogen-bond acceptors (Lipinski definition) is 3. The molecule has 96 valence electrons. The highest BCUT2D eigenvalue weighted by atomic mass is 16.5. The van der Waals surface area contributed by atoms with Crippen LogP contribution < -0.4 is 5.32 Å². The summed E-state index contributed by atoms with van der Waals surface area (Å²) in [5.74, 6) is 0.322. The Morgan fingerprint density at radius 3 is 2.88 bits per heavy atom. The monoisotopic (exact) mass is 237 g/mol. The van der Waals surface area contributed by atoms with Crippen molar-refractivity contribution >= 4 is 0 Å². The van der Waals surface area contributed by atoms with Crippen LogP contribution in [-0.4, -0.2) is 24.9 Å². The number of ether oxygens (including phenoxy) is 1. The highest BCUT2D eigenvalue weighted by Gasteiger charge is 2.04. The summed E-state index contributed by atoms with van der Waals surface area (Å²) in [4.78, 5) is 0. The lowest BCUT2D eigenvalue weighted by Gasteiger charge is -2.14. The number of phenolic OH excluding ortho intramolecular Hbond substituents is 1.